The quantitative estimate of drug-likeness (QED) is 0.279. The van der Waals surface area contributed by atoms with Crippen molar-refractivity contribution in [2.75, 3.05) is 26.2 Å². The molecule has 0 saturated carbocycles. The number of benzene rings is 1. The van der Waals surface area contributed by atoms with Crippen LogP contribution in [0, 0.1) is 11.8 Å². The van der Waals surface area contributed by atoms with Gasteiger partial charge < -0.3 is 14.4 Å². The summed E-state index contributed by atoms with van der Waals surface area (Å²) in [7, 11) is 0. The Hall–Kier alpha value is -2.56. The third-order valence-electron chi connectivity index (χ3n) is 9.65. The van der Waals surface area contributed by atoms with E-state index in [1.165, 1.54) is 23.6 Å². The molecule has 3 aromatic rings. The average molecular weight is 760 g/mol. The number of carbonyl (C=O) groups is 3. The molecular formula is C34H38Br2ClN5O3. The third-order valence-corrected chi connectivity index (χ3v) is 11.0. The maximum Gasteiger partial charge on any atom is 0.242 e. The number of likely N-dealkylation sites (tertiary alicyclic amines) is 2. The number of hydrogen-bond donors (Lipinski definition) is 0. The van der Waals surface area contributed by atoms with Crippen LogP contribution in [0.15, 0.2) is 45.9 Å². The number of nitrogens with zero attached hydrogens (tertiary/aromatic N) is 5. The normalized spacial score (nSPS) is 19.2. The molecule has 4 heterocycles. The Balaban J connectivity index is 1.03. The molecule has 0 spiro atoms. The van der Waals surface area contributed by atoms with Crippen LogP contribution >= 0.6 is 43.5 Å². The van der Waals surface area contributed by atoms with Crippen LogP contribution in [0.25, 0.3) is 0 Å². The number of ketones is 1. The topological polar surface area (TPSA) is 88.4 Å². The lowest BCUT2D eigenvalue weighted by Crippen LogP contribution is -2.43. The number of imidazole rings is 1. The lowest BCUT2D eigenvalue weighted by Gasteiger charge is -2.38. The van der Waals surface area contributed by atoms with Crippen molar-refractivity contribution in [3.8, 4) is 0 Å². The Morgan fingerprint density at radius 3 is 2.33 bits per heavy atom. The minimum Gasteiger partial charge on any atom is -0.343 e. The largest absolute Gasteiger partial charge is 0.343 e. The molecule has 0 radical (unpaired) electrons. The van der Waals surface area contributed by atoms with Crippen LogP contribution in [0.3, 0.4) is 0 Å². The first-order chi connectivity index (χ1) is 21.6. The average Bonchev–Trinajstić information content (AvgIpc) is 3.36. The summed E-state index contributed by atoms with van der Waals surface area (Å²) in [6.07, 6.45) is 11.5. The van der Waals surface area contributed by atoms with Gasteiger partial charge >= 0.3 is 0 Å². The Kier molecular flexibility index (Phi) is 10.1. The van der Waals surface area contributed by atoms with Crippen LogP contribution in [0.1, 0.15) is 73.0 Å². The minimum absolute atomic E-state index is 0.0473. The molecule has 0 bridgehead atoms. The summed E-state index contributed by atoms with van der Waals surface area (Å²) in [6, 6.07) is 6.31. The van der Waals surface area contributed by atoms with Crippen molar-refractivity contribution in [2.24, 2.45) is 11.8 Å². The number of aromatic nitrogens is 3. The van der Waals surface area contributed by atoms with Gasteiger partial charge in [-0.05, 0) is 108 Å². The highest BCUT2D eigenvalue weighted by Gasteiger charge is 2.37. The predicted octanol–water partition coefficient (Wildman–Crippen LogP) is 6.39. The van der Waals surface area contributed by atoms with Crippen molar-refractivity contribution in [1.29, 1.82) is 0 Å². The molecule has 2 fully saturated rings. The molecule has 1 aliphatic carbocycles. The second-order valence-electron chi connectivity index (χ2n) is 12.8. The number of fused-ring (bicyclic) bond motifs is 2. The Labute approximate surface area is 286 Å². The number of rotatable bonds is 7. The zero-order valence-corrected chi connectivity index (χ0v) is 29.4. The van der Waals surface area contributed by atoms with Gasteiger partial charge in [0.25, 0.3) is 0 Å². The van der Waals surface area contributed by atoms with Crippen molar-refractivity contribution in [3.05, 3.63) is 79.0 Å². The molecular weight excluding hydrogens is 722 g/mol. The Morgan fingerprint density at radius 1 is 0.911 bits per heavy atom. The van der Waals surface area contributed by atoms with Crippen LogP contribution in [0.4, 0.5) is 0 Å². The van der Waals surface area contributed by atoms with E-state index in [0.717, 1.165) is 71.3 Å². The molecule has 2 amide bonds. The van der Waals surface area contributed by atoms with E-state index in [9.17, 15) is 14.4 Å². The zero-order chi connectivity index (χ0) is 31.7. The SMILES string of the molecule is CC(=O)Cc1cn(CC(=O)N2CCC(CC(=O)N3CCC([C@H]4c5ncc(Br)cc5CCc5cc(Cl)cc(Br)c54)CC3)CC2)cn1. The third kappa shape index (κ3) is 7.54. The lowest BCUT2D eigenvalue weighted by molar-refractivity contribution is -0.135. The van der Waals surface area contributed by atoms with Crippen molar-refractivity contribution < 1.29 is 14.4 Å². The van der Waals surface area contributed by atoms with E-state index in [4.69, 9.17) is 16.6 Å². The van der Waals surface area contributed by atoms with Gasteiger partial charge in [0.05, 0.1) is 17.7 Å². The molecule has 45 heavy (non-hydrogen) atoms. The van der Waals surface area contributed by atoms with E-state index in [0.29, 0.717) is 37.0 Å². The molecule has 1 aromatic carbocycles. The monoisotopic (exact) mass is 757 g/mol. The molecule has 238 valence electrons. The van der Waals surface area contributed by atoms with Gasteiger partial charge in [-0.2, -0.15) is 0 Å². The van der Waals surface area contributed by atoms with Gasteiger partial charge in [0.1, 0.15) is 12.3 Å². The zero-order valence-electron chi connectivity index (χ0n) is 25.5. The number of hydrogen-bond acceptors (Lipinski definition) is 5. The number of amides is 2. The summed E-state index contributed by atoms with van der Waals surface area (Å²) in [4.78, 5) is 50.8. The Morgan fingerprint density at radius 2 is 1.60 bits per heavy atom. The first-order valence-electron chi connectivity index (χ1n) is 15.8. The first-order valence-corrected chi connectivity index (χ1v) is 17.8. The first kappa shape index (κ1) is 32.4. The van der Waals surface area contributed by atoms with Crippen molar-refractivity contribution in [3.63, 3.8) is 0 Å². The lowest BCUT2D eigenvalue weighted by atomic mass is 9.76. The maximum absolute atomic E-state index is 13.4. The minimum atomic E-state index is 0.0473. The van der Waals surface area contributed by atoms with Gasteiger partial charge in [0.2, 0.25) is 11.8 Å². The number of aryl methyl sites for hydroxylation is 2. The number of halogens is 3. The number of Topliss-reactive ketones (excluding diaryl/α,β-unsaturated/α-hetero) is 1. The highest BCUT2D eigenvalue weighted by molar-refractivity contribution is 9.10. The standard InChI is InChI=1S/C34H38Br2ClN5O3/c1-21(43)12-28-18-40(20-39-28)19-31(45)42-8-4-22(5-9-42)13-30(44)41-10-6-23(7-11-41)33-32-24(15-27(37)16-29(32)36)2-3-25-14-26(35)17-38-34(25)33/h14-18,20,22-23,33H,2-13,19H2,1H3/t33-/m1/s1. The van der Waals surface area contributed by atoms with Gasteiger partial charge in [-0.3, -0.25) is 19.4 Å². The van der Waals surface area contributed by atoms with Gasteiger partial charge in [-0.25, -0.2) is 4.98 Å². The molecule has 2 aliphatic heterocycles. The van der Waals surface area contributed by atoms with Crippen LogP contribution in [0.2, 0.25) is 5.02 Å². The van der Waals surface area contributed by atoms with Gasteiger partial charge in [0.15, 0.2) is 0 Å². The molecule has 6 rings (SSSR count). The molecule has 8 nitrogen and oxygen atoms in total. The van der Waals surface area contributed by atoms with E-state index in [1.807, 2.05) is 17.2 Å². The van der Waals surface area contributed by atoms with Gasteiger partial charge in [-0.15, -0.1) is 0 Å². The summed E-state index contributed by atoms with van der Waals surface area (Å²) in [5.41, 5.74) is 5.68. The van der Waals surface area contributed by atoms with E-state index < -0.39 is 0 Å². The van der Waals surface area contributed by atoms with Crippen molar-refractivity contribution in [1.82, 2.24) is 24.3 Å². The van der Waals surface area contributed by atoms with Crippen molar-refractivity contribution in [2.45, 2.75) is 70.8 Å². The number of piperidine rings is 2. The highest BCUT2D eigenvalue weighted by atomic mass is 79.9. The summed E-state index contributed by atoms with van der Waals surface area (Å²) >= 11 is 13.9. The van der Waals surface area contributed by atoms with Crippen LogP contribution < -0.4 is 0 Å². The van der Waals surface area contributed by atoms with E-state index in [-0.39, 0.29) is 36.5 Å². The maximum atomic E-state index is 13.4. The van der Waals surface area contributed by atoms with E-state index >= 15 is 0 Å². The Bertz CT molecular complexity index is 1590. The van der Waals surface area contributed by atoms with Crippen LogP contribution in [-0.2, 0) is 40.2 Å². The fourth-order valence-electron chi connectivity index (χ4n) is 7.37. The summed E-state index contributed by atoms with van der Waals surface area (Å²) in [6.45, 7) is 4.58. The molecule has 1 atom stereocenters. The molecule has 3 aliphatic rings. The van der Waals surface area contributed by atoms with Crippen LogP contribution in [-0.4, -0.2) is 68.1 Å². The number of pyridine rings is 1. The molecule has 11 heteroatoms. The molecule has 2 saturated heterocycles. The smallest absolute Gasteiger partial charge is 0.242 e. The predicted molar refractivity (Wildman–Crippen MR) is 180 cm³/mol. The van der Waals surface area contributed by atoms with Crippen LogP contribution in [0.5, 0.6) is 0 Å². The van der Waals surface area contributed by atoms with Crippen molar-refractivity contribution >= 4 is 61.1 Å². The van der Waals surface area contributed by atoms with E-state index in [2.05, 4.69) is 53.9 Å². The fraction of sp³-hybridized carbons (Fsp3) is 0.500. The number of carbonyl (C=O) groups excluding carboxylic acids is 3. The summed E-state index contributed by atoms with van der Waals surface area (Å²) < 4.78 is 3.78. The summed E-state index contributed by atoms with van der Waals surface area (Å²) in [5, 5.41) is 0.744. The molecule has 0 unspecified atom stereocenters. The fourth-order valence-corrected chi connectivity index (χ4v) is 8.87. The summed E-state index contributed by atoms with van der Waals surface area (Å²) in [5.74, 6) is 1.14. The highest BCUT2D eigenvalue weighted by Crippen LogP contribution is 2.46. The van der Waals surface area contributed by atoms with Gasteiger partial charge in [0, 0.05) is 71.3 Å². The van der Waals surface area contributed by atoms with E-state index in [1.54, 1.807) is 17.1 Å². The second-order valence-corrected chi connectivity index (χ2v) is 15.0. The molecule has 2 aromatic heterocycles. The second kappa shape index (κ2) is 14.1. The molecule has 0 N–H and O–H groups in total. The van der Waals surface area contributed by atoms with Gasteiger partial charge in [-0.1, -0.05) is 27.5 Å².